The third kappa shape index (κ3) is 2.13. The average molecular weight is 213 g/mol. The Morgan fingerprint density at radius 2 is 2.33 bits per heavy atom. The van der Waals surface area contributed by atoms with E-state index in [1.54, 1.807) is 17.5 Å². The van der Waals surface area contributed by atoms with Crippen LogP contribution in [-0.4, -0.2) is 5.38 Å². The van der Waals surface area contributed by atoms with Crippen LogP contribution in [0.1, 0.15) is 10.9 Å². The number of nitrogens with one attached hydrogen (secondary N) is 1. The maximum atomic E-state index is 12.6. The number of rotatable bonds is 3. The number of alkyl halides is 3. The van der Waals surface area contributed by atoms with Gasteiger partial charge in [0.25, 0.3) is 0 Å². The number of thiophene rings is 1. The highest BCUT2D eigenvalue weighted by molar-refractivity contribution is 7.10. The van der Waals surface area contributed by atoms with Gasteiger partial charge in [-0.1, -0.05) is 6.07 Å². The molecule has 0 saturated heterocycles. The number of nitrogens with two attached hydrogens (primary N) is 1. The van der Waals surface area contributed by atoms with Gasteiger partial charge in [0.1, 0.15) is 6.04 Å². The van der Waals surface area contributed by atoms with E-state index in [9.17, 15) is 8.78 Å². The third-order valence-corrected chi connectivity index (χ3v) is 2.48. The summed E-state index contributed by atoms with van der Waals surface area (Å²) in [6.45, 7) is 0. The quantitative estimate of drug-likeness (QED) is 0.458. The van der Waals surface area contributed by atoms with Gasteiger partial charge in [-0.05, 0) is 23.0 Å². The van der Waals surface area contributed by atoms with Gasteiger partial charge in [0.15, 0.2) is 0 Å². The molecule has 0 saturated carbocycles. The Hall–Kier alpha value is -0.230. The molecule has 0 aliphatic heterocycles. The van der Waals surface area contributed by atoms with Crippen molar-refractivity contribution in [3.8, 4) is 0 Å². The first-order chi connectivity index (χ1) is 5.55. The summed E-state index contributed by atoms with van der Waals surface area (Å²) in [5.41, 5.74) is 1.97. The molecule has 0 spiro atoms. The molecule has 6 heteroatoms. The van der Waals surface area contributed by atoms with Crippen molar-refractivity contribution in [3.63, 3.8) is 0 Å². The van der Waals surface area contributed by atoms with E-state index in [2.05, 4.69) is 0 Å². The summed E-state index contributed by atoms with van der Waals surface area (Å²) >= 11 is 6.00. The second kappa shape index (κ2) is 3.66. The van der Waals surface area contributed by atoms with Gasteiger partial charge in [-0.25, -0.2) is 5.43 Å². The topological polar surface area (TPSA) is 38.0 Å². The molecule has 1 unspecified atom stereocenters. The highest BCUT2D eigenvalue weighted by Crippen LogP contribution is 2.36. The van der Waals surface area contributed by atoms with Crippen molar-refractivity contribution in [2.75, 3.05) is 0 Å². The molecule has 68 valence electrons. The Labute approximate surface area is 77.3 Å². The zero-order valence-electron chi connectivity index (χ0n) is 5.93. The second-order valence-electron chi connectivity index (χ2n) is 2.16. The van der Waals surface area contributed by atoms with E-state index in [0.717, 1.165) is 0 Å². The molecule has 2 nitrogen and oxygen atoms in total. The molecule has 0 aliphatic rings. The van der Waals surface area contributed by atoms with Gasteiger partial charge in [0.05, 0.1) is 0 Å². The van der Waals surface area contributed by atoms with Gasteiger partial charge in [0, 0.05) is 4.88 Å². The van der Waals surface area contributed by atoms with Crippen LogP contribution in [-0.2, 0) is 0 Å². The van der Waals surface area contributed by atoms with Crippen LogP contribution >= 0.6 is 22.9 Å². The molecule has 0 bridgehead atoms. The van der Waals surface area contributed by atoms with Crippen molar-refractivity contribution < 1.29 is 8.78 Å². The van der Waals surface area contributed by atoms with Gasteiger partial charge in [0.2, 0.25) is 0 Å². The Bertz CT molecular complexity index is 234. The number of hydrogen-bond donors (Lipinski definition) is 2. The average Bonchev–Trinajstić information content (AvgIpc) is 2.38. The lowest BCUT2D eigenvalue weighted by Gasteiger charge is -2.18. The van der Waals surface area contributed by atoms with Crippen LogP contribution in [0.15, 0.2) is 17.5 Å². The lowest BCUT2D eigenvalue weighted by atomic mass is 10.2. The van der Waals surface area contributed by atoms with Crippen LogP contribution in [0.3, 0.4) is 0 Å². The van der Waals surface area contributed by atoms with Crippen LogP contribution in [0.5, 0.6) is 0 Å². The van der Waals surface area contributed by atoms with Crippen LogP contribution in [0.2, 0.25) is 0 Å². The van der Waals surface area contributed by atoms with Gasteiger partial charge >= 0.3 is 5.38 Å². The molecule has 1 heterocycles. The highest BCUT2D eigenvalue weighted by atomic mass is 35.5. The summed E-state index contributed by atoms with van der Waals surface area (Å²) in [4.78, 5) is 0.414. The summed E-state index contributed by atoms with van der Waals surface area (Å²) in [5.74, 6) is 4.94. The smallest absolute Gasteiger partial charge is 0.271 e. The number of hydrazine groups is 1. The molecule has 1 aromatic rings. The van der Waals surface area contributed by atoms with Crippen LogP contribution in [0, 0.1) is 0 Å². The van der Waals surface area contributed by atoms with Crippen LogP contribution < -0.4 is 11.3 Å². The second-order valence-corrected chi connectivity index (χ2v) is 3.64. The lowest BCUT2D eigenvalue weighted by Crippen LogP contribution is -2.37. The summed E-state index contributed by atoms with van der Waals surface area (Å²) < 4.78 is 25.2. The predicted molar refractivity (Wildman–Crippen MR) is 45.2 cm³/mol. The van der Waals surface area contributed by atoms with Crippen molar-refractivity contribution in [1.29, 1.82) is 0 Å². The molecule has 1 rings (SSSR count). The molecule has 0 radical (unpaired) electrons. The van der Waals surface area contributed by atoms with E-state index < -0.39 is 11.4 Å². The maximum absolute atomic E-state index is 12.6. The molecule has 0 aliphatic carbocycles. The van der Waals surface area contributed by atoms with Gasteiger partial charge in [-0.2, -0.15) is 8.78 Å². The maximum Gasteiger partial charge on any atom is 0.342 e. The standard InChI is InChI=1S/C6H7ClF2N2S/c7-6(8,9)5(11-10)4-2-1-3-12-4/h1-3,5,11H,10H2. The van der Waals surface area contributed by atoms with Crippen LogP contribution in [0.4, 0.5) is 8.78 Å². The zero-order chi connectivity index (χ0) is 9.19. The Balaban J connectivity index is 2.84. The molecule has 0 amide bonds. The fraction of sp³-hybridized carbons (Fsp3) is 0.333. The van der Waals surface area contributed by atoms with Crippen molar-refractivity contribution in [3.05, 3.63) is 22.4 Å². The van der Waals surface area contributed by atoms with E-state index >= 15 is 0 Å². The van der Waals surface area contributed by atoms with Crippen molar-refractivity contribution in [2.24, 2.45) is 5.84 Å². The van der Waals surface area contributed by atoms with Crippen molar-refractivity contribution in [2.45, 2.75) is 11.4 Å². The largest absolute Gasteiger partial charge is 0.342 e. The van der Waals surface area contributed by atoms with Crippen molar-refractivity contribution in [1.82, 2.24) is 5.43 Å². The first kappa shape index (κ1) is 9.85. The summed E-state index contributed by atoms with van der Waals surface area (Å²) in [6, 6.07) is 1.89. The minimum atomic E-state index is -3.36. The van der Waals surface area contributed by atoms with Gasteiger partial charge < -0.3 is 0 Å². The number of hydrogen-bond acceptors (Lipinski definition) is 3. The van der Waals surface area contributed by atoms with E-state index in [1.807, 2.05) is 5.43 Å². The summed E-state index contributed by atoms with van der Waals surface area (Å²) in [7, 11) is 0. The molecular formula is C6H7ClF2N2S. The van der Waals surface area contributed by atoms with E-state index in [4.69, 9.17) is 17.4 Å². The molecular weight excluding hydrogens is 206 g/mol. The van der Waals surface area contributed by atoms with Gasteiger partial charge in [-0.3, -0.25) is 5.84 Å². The van der Waals surface area contributed by atoms with E-state index in [0.29, 0.717) is 4.88 Å². The summed E-state index contributed by atoms with van der Waals surface area (Å²) in [5, 5.41) is -1.68. The molecule has 12 heavy (non-hydrogen) atoms. The normalized spacial score (nSPS) is 14.7. The molecule has 1 aromatic heterocycles. The predicted octanol–water partition coefficient (Wildman–Crippen LogP) is 2.08. The van der Waals surface area contributed by atoms with Gasteiger partial charge in [-0.15, -0.1) is 11.3 Å². The van der Waals surface area contributed by atoms with E-state index in [-0.39, 0.29) is 0 Å². The monoisotopic (exact) mass is 212 g/mol. The minimum absolute atomic E-state index is 0.414. The first-order valence-electron chi connectivity index (χ1n) is 3.12. The van der Waals surface area contributed by atoms with Crippen LogP contribution in [0.25, 0.3) is 0 Å². The first-order valence-corrected chi connectivity index (χ1v) is 4.37. The molecule has 1 atom stereocenters. The Morgan fingerprint density at radius 1 is 1.67 bits per heavy atom. The fourth-order valence-electron chi connectivity index (χ4n) is 0.793. The summed E-state index contributed by atoms with van der Waals surface area (Å²) in [6.07, 6.45) is 0. The SMILES string of the molecule is NNC(c1cccs1)C(F)(F)Cl. The zero-order valence-corrected chi connectivity index (χ0v) is 7.50. The highest BCUT2D eigenvalue weighted by Gasteiger charge is 2.38. The van der Waals surface area contributed by atoms with E-state index in [1.165, 1.54) is 11.3 Å². The third-order valence-electron chi connectivity index (χ3n) is 1.32. The molecule has 0 fully saturated rings. The molecule has 0 aromatic carbocycles. The lowest BCUT2D eigenvalue weighted by molar-refractivity contribution is 0.0511. The fourth-order valence-corrected chi connectivity index (χ4v) is 1.86. The molecule has 3 N–H and O–H groups in total. The van der Waals surface area contributed by atoms with Crippen molar-refractivity contribution >= 4 is 22.9 Å². The Morgan fingerprint density at radius 3 is 2.67 bits per heavy atom. The minimum Gasteiger partial charge on any atom is -0.271 e. The Kier molecular flexibility index (Phi) is 3.00. The number of halogens is 3.